The van der Waals surface area contributed by atoms with E-state index < -0.39 is 0 Å². The number of piperidine rings is 1. The van der Waals surface area contributed by atoms with Gasteiger partial charge in [-0.3, -0.25) is 0 Å². The highest BCUT2D eigenvalue weighted by atomic mass is 32.1. The van der Waals surface area contributed by atoms with Crippen molar-refractivity contribution in [2.75, 3.05) is 18.0 Å². The topological polar surface area (TPSA) is 28.2 Å². The summed E-state index contributed by atoms with van der Waals surface area (Å²) in [5.74, 6) is 0.513. The summed E-state index contributed by atoms with van der Waals surface area (Å²) in [7, 11) is 0. The van der Waals surface area contributed by atoms with Gasteiger partial charge in [0.05, 0.1) is 5.69 Å². The molecule has 3 nitrogen and oxygen atoms in total. The summed E-state index contributed by atoms with van der Waals surface area (Å²) >= 11 is 1.89. The predicted molar refractivity (Wildman–Crippen MR) is 84.2 cm³/mol. The first-order valence-electron chi connectivity index (χ1n) is 7.60. The van der Waals surface area contributed by atoms with E-state index in [1.54, 1.807) is 0 Å². The molecule has 1 saturated heterocycles. The Bertz CT molecular complexity index is 400. The van der Waals surface area contributed by atoms with Crippen LogP contribution in [0.2, 0.25) is 0 Å². The molecule has 0 bridgehead atoms. The van der Waals surface area contributed by atoms with Gasteiger partial charge in [-0.15, -0.1) is 11.3 Å². The summed E-state index contributed by atoms with van der Waals surface area (Å²) in [6, 6.07) is 0.645. The number of anilines is 1. The fourth-order valence-corrected chi connectivity index (χ4v) is 3.99. The lowest BCUT2D eigenvalue weighted by Crippen LogP contribution is -2.37. The van der Waals surface area contributed by atoms with Crippen LogP contribution in [0, 0.1) is 0 Å². The molecule has 1 N–H and O–H groups in total. The number of aromatic nitrogens is 1. The van der Waals surface area contributed by atoms with Crippen LogP contribution in [0.3, 0.4) is 0 Å². The Kier molecular flexibility index (Phi) is 5.22. The first-order chi connectivity index (χ1) is 9.13. The second kappa shape index (κ2) is 6.71. The molecule has 0 aliphatic carbocycles. The molecule has 1 atom stereocenters. The van der Waals surface area contributed by atoms with Crippen LogP contribution in [0.15, 0.2) is 0 Å². The molecule has 0 aromatic carbocycles. The molecule has 1 aliphatic heterocycles. The van der Waals surface area contributed by atoms with Crippen molar-refractivity contribution in [3.8, 4) is 0 Å². The fraction of sp³-hybridized carbons (Fsp3) is 0.800. The van der Waals surface area contributed by atoms with Crippen LogP contribution in [0.25, 0.3) is 0 Å². The van der Waals surface area contributed by atoms with E-state index >= 15 is 0 Å². The highest BCUT2D eigenvalue weighted by Crippen LogP contribution is 2.33. The number of rotatable bonds is 5. The van der Waals surface area contributed by atoms with Crippen molar-refractivity contribution in [3.63, 3.8) is 0 Å². The van der Waals surface area contributed by atoms with Crippen molar-refractivity contribution < 1.29 is 0 Å². The van der Waals surface area contributed by atoms with Gasteiger partial charge >= 0.3 is 0 Å². The van der Waals surface area contributed by atoms with Crippen LogP contribution in [-0.2, 0) is 6.54 Å². The number of hydrogen-bond donors (Lipinski definition) is 1. The summed E-state index contributed by atoms with van der Waals surface area (Å²) in [6.07, 6.45) is 3.98. The van der Waals surface area contributed by atoms with Gasteiger partial charge in [-0.1, -0.05) is 20.8 Å². The zero-order chi connectivity index (χ0) is 13.8. The van der Waals surface area contributed by atoms with Gasteiger partial charge in [0, 0.05) is 24.0 Å². The molecule has 4 heteroatoms. The molecule has 1 aliphatic rings. The molecule has 108 valence electrons. The van der Waals surface area contributed by atoms with E-state index in [0.29, 0.717) is 12.0 Å². The Labute approximate surface area is 121 Å². The highest BCUT2D eigenvalue weighted by molar-refractivity contribution is 7.15. The van der Waals surface area contributed by atoms with Crippen molar-refractivity contribution in [3.05, 3.63) is 10.6 Å². The van der Waals surface area contributed by atoms with Crippen molar-refractivity contribution in [1.29, 1.82) is 0 Å². The average molecular weight is 281 g/mol. The number of nitrogens with zero attached hydrogens (tertiary/aromatic N) is 2. The highest BCUT2D eigenvalue weighted by Gasteiger charge is 2.23. The van der Waals surface area contributed by atoms with Gasteiger partial charge in [0.15, 0.2) is 5.13 Å². The van der Waals surface area contributed by atoms with Crippen molar-refractivity contribution in [2.45, 2.75) is 65.5 Å². The van der Waals surface area contributed by atoms with Crippen molar-refractivity contribution >= 4 is 16.5 Å². The van der Waals surface area contributed by atoms with Crippen LogP contribution in [-0.4, -0.2) is 24.1 Å². The number of hydrogen-bond acceptors (Lipinski definition) is 4. The van der Waals surface area contributed by atoms with E-state index in [1.807, 2.05) is 11.3 Å². The Hall–Kier alpha value is -0.610. The second-order valence-electron chi connectivity index (χ2n) is 5.78. The van der Waals surface area contributed by atoms with Crippen LogP contribution in [0.5, 0.6) is 0 Å². The fourth-order valence-electron chi connectivity index (χ4n) is 2.67. The maximum absolute atomic E-state index is 4.94. The van der Waals surface area contributed by atoms with Gasteiger partial charge < -0.3 is 10.2 Å². The van der Waals surface area contributed by atoms with Crippen LogP contribution < -0.4 is 10.2 Å². The minimum absolute atomic E-state index is 0.513. The first-order valence-corrected chi connectivity index (χ1v) is 8.42. The van der Waals surface area contributed by atoms with E-state index in [0.717, 1.165) is 13.1 Å². The van der Waals surface area contributed by atoms with E-state index in [-0.39, 0.29) is 0 Å². The maximum Gasteiger partial charge on any atom is 0.186 e. The third kappa shape index (κ3) is 3.48. The summed E-state index contributed by atoms with van der Waals surface area (Å²) < 4.78 is 0. The third-order valence-electron chi connectivity index (χ3n) is 3.85. The largest absolute Gasteiger partial charge is 0.345 e. The second-order valence-corrected chi connectivity index (χ2v) is 6.84. The van der Waals surface area contributed by atoms with Crippen LogP contribution in [0.1, 0.15) is 63.4 Å². The number of nitrogens with one attached hydrogen (secondary N) is 1. The summed E-state index contributed by atoms with van der Waals surface area (Å²) in [5.41, 5.74) is 1.29. The molecule has 0 saturated carbocycles. The molecular weight excluding hydrogens is 254 g/mol. The van der Waals surface area contributed by atoms with Crippen LogP contribution in [0.4, 0.5) is 5.13 Å². The normalized spacial score (nSPS) is 20.3. The van der Waals surface area contributed by atoms with Gasteiger partial charge in [-0.2, -0.15) is 0 Å². The Balaban J connectivity index is 2.20. The molecule has 2 heterocycles. The first kappa shape index (κ1) is 14.8. The molecule has 0 amide bonds. The van der Waals surface area contributed by atoms with E-state index in [2.05, 4.69) is 37.9 Å². The molecule has 1 unspecified atom stereocenters. The Morgan fingerprint density at radius 1 is 1.42 bits per heavy atom. The quantitative estimate of drug-likeness (QED) is 0.891. The predicted octanol–water partition coefficient (Wildman–Crippen LogP) is 3.75. The smallest absolute Gasteiger partial charge is 0.186 e. The summed E-state index contributed by atoms with van der Waals surface area (Å²) in [5, 5.41) is 4.68. The zero-order valence-corrected chi connectivity index (χ0v) is 13.5. The van der Waals surface area contributed by atoms with Gasteiger partial charge in [0.2, 0.25) is 0 Å². The van der Waals surface area contributed by atoms with Gasteiger partial charge in [-0.25, -0.2) is 4.98 Å². The van der Waals surface area contributed by atoms with Crippen molar-refractivity contribution in [1.82, 2.24) is 10.3 Å². The molecule has 19 heavy (non-hydrogen) atoms. The lowest BCUT2D eigenvalue weighted by molar-refractivity contribution is 0.483. The molecule has 0 radical (unpaired) electrons. The lowest BCUT2D eigenvalue weighted by atomic mass is 10.0. The van der Waals surface area contributed by atoms with Crippen LogP contribution >= 0.6 is 11.3 Å². The van der Waals surface area contributed by atoms with E-state index in [9.17, 15) is 0 Å². The summed E-state index contributed by atoms with van der Waals surface area (Å²) in [4.78, 5) is 8.87. The molecule has 1 aromatic rings. The minimum atomic E-state index is 0.513. The molecular formula is C15H27N3S. The van der Waals surface area contributed by atoms with Gasteiger partial charge in [-0.05, 0) is 38.6 Å². The minimum Gasteiger partial charge on any atom is -0.345 e. The Morgan fingerprint density at radius 2 is 2.21 bits per heavy atom. The van der Waals surface area contributed by atoms with E-state index in [4.69, 9.17) is 4.98 Å². The van der Waals surface area contributed by atoms with Gasteiger partial charge in [0.25, 0.3) is 0 Å². The molecule has 1 fully saturated rings. The molecule has 0 spiro atoms. The standard InChI is InChI=1S/C15H27N3S/c1-5-16-10-13-14(11(2)3)17-15(19-13)18-9-7-6-8-12(18)4/h11-12,16H,5-10H2,1-4H3. The third-order valence-corrected chi connectivity index (χ3v) is 4.96. The molecule has 2 rings (SSSR count). The summed E-state index contributed by atoms with van der Waals surface area (Å²) in [6.45, 7) is 12.1. The SMILES string of the molecule is CCNCc1sc(N2CCCCC2C)nc1C(C)C. The maximum atomic E-state index is 4.94. The van der Waals surface area contributed by atoms with Gasteiger partial charge in [0.1, 0.15) is 0 Å². The van der Waals surface area contributed by atoms with Crippen molar-refractivity contribution in [2.24, 2.45) is 0 Å². The zero-order valence-electron chi connectivity index (χ0n) is 12.7. The Morgan fingerprint density at radius 3 is 2.84 bits per heavy atom. The van der Waals surface area contributed by atoms with E-state index in [1.165, 1.54) is 41.5 Å². The molecule has 1 aromatic heterocycles. The lowest BCUT2D eigenvalue weighted by Gasteiger charge is -2.33. The average Bonchev–Trinajstić information content (AvgIpc) is 2.81. The monoisotopic (exact) mass is 281 g/mol. The number of thiazole rings is 1.